The lowest BCUT2D eigenvalue weighted by atomic mass is 10.0. The zero-order valence-electron chi connectivity index (χ0n) is 10.7. The highest BCUT2D eigenvalue weighted by molar-refractivity contribution is 5.83. The van der Waals surface area contributed by atoms with Gasteiger partial charge in [0.15, 0.2) is 11.6 Å². The molecule has 2 rings (SSSR count). The van der Waals surface area contributed by atoms with Crippen LogP contribution < -0.4 is 4.74 Å². The van der Waals surface area contributed by atoms with Crippen molar-refractivity contribution in [2.24, 2.45) is 0 Å². The highest BCUT2D eigenvalue weighted by atomic mass is 19.1. The van der Waals surface area contributed by atoms with Crippen LogP contribution in [0.25, 0.3) is 0 Å². The van der Waals surface area contributed by atoms with Gasteiger partial charge in [0.05, 0.1) is 7.11 Å². The Morgan fingerprint density at radius 2 is 1.79 bits per heavy atom. The lowest BCUT2D eigenvalue weighted by Crippen LogP contribution is -2.08. The molecule has 0 unspecified atom stereocenters. The first-order valence-corrected chi connectivity index (χ1v) is 6.07. The number of hydrogen-bond acceptors (Lipinski definition) is 2. The maximum absolute atomic E-state index is 13.9. The number of rotatable bonds is 5. The minimum Gasteiger partial charge on any atom is -0.494 e. The van der Waals surface area contributed by atoms with E-state index in [0.717, 1.165) is 5.56 Å². The molecule has 98 valence electrons. The molecule has 0 saturated heterocycles. The molecular weight excluding hydrogens is 243 g/mol. The molecule has 0 amide bonds. The molecule has 2 aromatic rings. The summed E-state index contributed by atoms with van der Waals surface area (Å²) in [6.07, 6.45) is 0.398. The largest absolute Gasteiger partial charge is 0.494 e. The van der Waals surface area contributed by atoms with Crippen molar-refractivity contribution in [3.8, 4) is 5.75 Å². The molecule has 0 spiro atoms. The number of carbonyl (C=O) groups is 1. The third-order valence-corrected chi connectivity index (χ3v) is 2.89. The smallest absolute Gasteiger partial charge is 0.168 e. The number of halogens is 1. The number of ether oxygens (including phenoxy) is 1. The van der Waals surface area contributed by atoms with Crippen molar-refractivity contribution in [1.29, 1.82) is 0 Å². The van der Waals surface area contributed by atoms with E-state index in [1.54, 1.807) is 18.2 Å². The van der Waals surface area contributed by atoms with Crippen LogP contribution in [0.3, 0.4) is 0 Å². The van der Waals surface area contributed by atoms with E-state index in [4.69, 9.17) is 4.74 Å². The Morgan fingerprint density at radius 3 is 2.47 bits per heavy atom. The summed E-state index contributed by atoms with van der Waals surface area (Å²) in [7, 11) is 1.41. The van der Waals surface area contributed by atoms with Crippen LogP contribution >= 0.6 is 0 Å². The van der Waals surface area contributed by atoms with Crippen molar-refractivity contribution < 1.29 is 13.9 Å². The van der Waals surface area contributed by atoms with Gasteiger partial charge in [-0.1, -0.05) is 42.5 Å². The normalized spacial score (nSPS) is 10.2. The Labute approximate surface area is 111 Å². The van der Waals surface area contributed by atoms with E-state index >= 15 is 0 Å². The molecule has 19 heavy (non-hydrogen) atoms. The van der Waals surface area contributed by atoms with E-state index in [1.165, 1.54) is 7.11 Å². The number of benzene rings is 2. The average molecular weight is 258 g/mol. The van der Waals surface area contributed by atoms with E-state index in [2.05, 4.69) is 0 Å². The van der Waals surface area contributed by atoms with Crippen molar-refractivity contribution in [2.75, 3.05) is 7.11 Å². The van der Waals surface area contributed by atoms with Crippen molar-refractivity contribution in [2.45, 2.75) is 12.8 Å². The SMILES string of the molecule is COc1cccc(CC(=O)Cc2ccccc2)c1F. The second kappa shape index (κ2) is 6.14. The van der Waals surface area contributed by atoms with Crippen LogP contribution in [0, 0.1) is 5.82 Å². The summed E-state index contributed by atoms with van der Waals surface area (Å²) in [6, 6.07) is 14.3. The van der Waals surface area contributed by atoms with Crippen LogP contribution in [0.15, 0.2) is 48.5 Å². The minimum absolute atomic E-state index is 0.0154. The van der Waals surface area contributed by atoms with Crippen LogP contribution in [-0.4, -0.2) is 12.9 Å². The van der Waals surface area contributed by atoms with Crippen LogP contribution in [0.2, 0.25) is 0 Å². The third kappa shape index (κ3) is 3.41. The van der Waals surface area contributed by atoms with Crippen molar-refractivity contribution in [3.63, 3.8) is 0 Å². The molecule has 0 bridgehead atoms. The van der Waals surface area contributed by atoms with Gasteiger partial charge >= 0.3 is 0 Å². The number of methoxy groups -OCH3 is 1. The fourth-order valence-corrected chi connectivity index (χ4v) is 1.95. The number of ketones is 1. The van der Waals surface area contributed by atoms with Crippen LogP contribution in [0.5, 0.6) is 5.75 Å². The van der Waals surface area contributed by atoms with Gasteiger partial charge in [-0.3, -0.25) is 4.79 Å². The first-order chi connectivity index (χ1) is 9.20. The molecule has 0 fully saturated rings. The molecule has 0 aliphatic rings. The van der Waals surface area contributed by atoms with E-state index < -0.39 is 5.82 Å². The predicted octanol–water partition coefficient (Wildman–Crippen LogP) is 3.19. The molecule has 0 aliphatic heterocycles. The standard InChI is InChI=1S/C16H15FO2/c1-19-15-9-5-8-13(16(15)17)11-14(18)10-12-6-3-2-4-7-12/h2-9H,10-11H2,1H3. The molecule has 0 radical (unpaired) electrons. The topological polar surface area (TPSA) is 26.3 Å². The van der Waals surface area contributed by atoms with Gasteiger partial charge in [-0.05, 0) is 17.2 Å². The molecule has 3 heteroatoms. The highest BCUT2D eigenvalue weighted by Gasteiger charge is 2.12. The zero-order chi connectivity index (χ0) is 13.7. The number of Topliss-reactive ketones (excluding diaryl/α,β-unsaturated/α-hetero) is 1. The van der Waals surface area contributed by atoms with Gasteiger partial charge in [0.1, 0.15) is 5.78 Å². The quantitative estimate of drug-likeness (QED) is 0.823. The zero-order valence-corrected chi connectivity index (χ0v) is 10.7. The molecule has 0 atom stereocenters. The van der Waals surface area contributed by atoms with Crippen LogP contribution in [0.1, 0.15) is 11.1 Å². The van der Waals surface area contributed by atoms with Crippen molar-refractivity contribution >= 4 is 5.78 Å². The van der Waals surface area contributed by atoms with Gasteiger partial charge < -0.3 is 4.74 Å². The van der Waals surface area contributed by atoms with Crippen molar-refractivity contribution in [3.05, 3.63) is 65.5 Å². The molecule has 2 nitrogen and oxygen atoms in total. The maximum atomic E-state index is 13.9. The Kier molecular flexibility index (Phi) is 4.29. The molecule has 0 N–H and O–H groups in total. The number of carbonyl (C=O) groups excluding carboxylic acids is 1. The van der Waals surface area contributed by atoms with Gasteiger partial charge in [-0.2, -0.15) is 0 Å². The van der Waals surface area contributed by atoms with Gasteiger partial charge in [0, 0.05) is 12.8 Å². The van der Waals surface area contributed by atoms with Gasteiger partial charge in [0.25, 0.3) is 0 Å². The Morgan fingerprint density at radius 1 is 1.05 bits per heavy atom. The predicted molar refractivity (Wildman–Crippen MR) is 71.8 cm³/mol. The van der Waals surface area contributed by atoms with Crippen molar-refractivity contribution in [1.82, 2.24) is 0 Å². The Balaban J connectivity index is 2.07. The fraction of sp³-hybridized carbons (Fsp3) is 0.188. The van der Waals surface area contributed by atoms with Gasteiger partial charge in [0.2, 0.25) is 0 Å². The molecule has 2 aromatic carbocycles. The Bertz CT molecular complexity index is 564. The minimum atomic E-state index is -0.452. The first kappa shape index (κ1) is 13.3. The van der Waals surface area contributed by atoms with Gasteiger partial charge in [-0.25, -0.2) is 4.39 Å². The molecular formula is C16H15FO2. The van der Waals surface area contributed by atoms with Gasteiger partial charge in [-0.15, -0.1) is 0 Å². The summed E-state index contributed by atoms with van der Waals surface area (Å²) in [5.41, 5.74) is 1.32. The van der Waals surface area contributed by atoms with E-state index in [9.17, 15) is 9.18 Å². The molecule has 0 heterocycles. The lowest BCUT2D eigenvalue weighted by molar-refractivity contribution is -0.117. The average Bonchev–Trinajstić information content (AvgIpc) is 2.42. The van der Waals surface area contributed by atoms with E-state index in [-0.39, 0.29) is 18.0 Å². The molecule has 0 aliphatic carbocycles. The fourth-order valence-electron chi connectivity index (χ4n) is 1.95. The second-order valence-corrected chi connectivity index (χ2v) is 4.31. The molecule has 0 saturated carbocycles. The summed E-state index contributed by atoms with van der Waals surface area (Å²) >= 11 is 0. The van der Waals surface area contributed by atoms with Crippen LogP contribution in [0.4, 0.5) is 4.39 Å². The maximum Gasteiger partial charge on any atom is 0.168 e. The first-order valence-electron chi connectivity index (χ1n) is 6.07. The van der Waals surface area contributed by atoms with E-state index in [0.29, 0.717) is 12.0 Å². The van der Waals surface area contributed by atoms with Crippen LogP contribution in [-0.2, 0) is 17.6 Å². The summed E-state index contributed by atoms with van der Waals surface area (Å²) in [4.78, 5) is 11.9. The third-order valence-electron chi connectivity index (χ3n) is 2.89. The molecule has 0 aromatic heterocycles. The second-order valence-electron chi connectivity index (χ2n) is 4.31. The van der Waals surface area contributed by atoms with E-state index in [1.807, 2.05) is 30.3 Å². The Hall–Kier alpha value is -2.16. The number of hydrogen-bond donors (Lipinski definition) is 0. The summed E-state index contributed by atoms with van der Waals surface area (Å²) < 4.78 is 18.8. The summed E-state index contributed by atoms with van der Waals surface area (Å²) in [5.74, 6) is -0.297. The summed E-state index contributed by atoms with van der Waals surface area (Å²) in [5, 5.41) is 0. The monoisotopic (exact) mass is 258 g/mol. The summed E-state index contributed by atoms with van der Waals surface area (Å²) in [6.45, 7) is 0. The lowest BCUT2D eigenvalue weighted by Gasteiger charge is -2.07. The highest BCUT2D eigenvalue weighted by Crippen LogP contribution is 2.20.